The molecule has 2 aromatic rings. The van der Waals surface area contributed by atoms with Crippen molar-refractivity contribution in [2.45, 2.75) is 31.5 Å². The smallest absolute Gasteiger partial charge is 0.267 e. The predicted octanol–water partition coefficient (Wildman–Crippen LogP) is 3.13. The topological polar surface area (TPSA) is 69.7 Å². The number of benzene rings is 2. The second kappa shape index (κ2) is 6.63. The maximum Gasteiger partial charge on any atom is 0.267 e. The molecule has 144 valence electrons. The summed E-state index contributed by atoms with van der Waals surface area (Å²) in [5.74, 6) is -0.842. The second-order valence-corrected chi connectivity index (χ2v) is 7.55. The number of amides is 3. The van der Waals surface area contributed by atoms with E-state index in [2.05, 4.69) is 5.32 Å². The normalized spacial score (nSPS) is 22.0. The molecule has 0 aromatic heterocycles. The fourth-order valence-electron chi connectivity index (χ4n) is 4.14. The van der Waals surface area contributed by atoms with Crippen LogP contribution in [0.4, 0.5) is 5.69 Å². The summed E-state index contributed by atoms with van der Waals surface area (Å²) in [7, 11) is 1.57. The van der Waals surface area contributed by atoms with Gasteiger partial charge in [0.1, 0.15) is 0 Å². The van der Waals surface area contributed by atoms with Crippen LogP contribution in [0.2, 0.25) is 5.02 Å². The minimum atomic E-state index is -1.38. The van der Waals surface area contributed by atoms with Gasteiger partial charge in [-0.2, -0.15) is 0 Å². The van der Waals surface area contributed by atoms with Crippen molar-refractivity contribution in [1.29, 1.82) is 0 Å². The van der Waals surface area contributed by atoms with Gasteiger partial charge in [0.15, 0.2) is 0 Å². The number of nitrogens with one attached hydrogen (secondary N) is 1. The Hall–Kier alpha value is -2.86. The van der Waals surface area contributed by atoms with Gasteiger partial charge in [0.25, 0.3) is 11.8 Å². The first kappa shape index (κ1) is 18.5. The van der Waals surface area contributed by atoms with Gasteiger partial charge in [-0.1, -0.05) is 41.9 Å². The monoisotopic (exact) mass is 397 g/mol. The zero-order valence-corrected chi connectivity index (χ0v) is 16.4. The molecular weight excluding hydrogens is 378 g/mol. The van der Waals surface area contributed by atoms with Crippen molar-refractivity contribution < 1.29 is 14.4 Å². The molecule has 7 heteroatoms. The van der Waals surface area contributed by atoms with Crippen LogP contribution in [0, 0.1) is 0 Å². The van der Waals surface area contributed by atoms with Crippen LogP contribution in [0.25, 0.3) is 0 Å². The van der Waals surface area contributed by atoms with Gasteiger partial charge in [-0.05, 0) is 30.7 Å². The molecule has 2 aromatic carbocycles. The third-order valence-electron chi connectivity index (χ3n) is 5.62. The van der Waals surface area contributed by atoms with Crippen LogP contribution in [0.5, 0.6) is 0 Å². The lowest BCUT2D eigenvalue weighted by Gasteiger charge is -2.47. The zero-order valence-electron chi connectivity index (χ0n) is 15.6. The molecule has 0 unspecified atom stereocenters. The van der Waals surface area contributed by atoms with E-state index in [0.29, 0.717) is 16.3 Å². The average Bonchev–Trinajstić information content (AvgIpc) is 3.05. The van der Waals surface area contributed by atoms with Crippen LogP contribution in [-0.2, 0) is 9.59 Å². The number of hydrogen-bond donors (Lipinski definition) is 1. The van der Waals surface area contributed by atoms with E-state index in [1.54, 1.807) is 37.4 Å². The Morgan fingerprint density at radius 1 is 1.14 bits per heavy atom. The molecule has 0 aliphatic carbocycles. The molecule has 3 amide bonds. The third kappa shape index (κ3) is 2.52. The highest BCUT2D eigenvalue weighted by atomic mass is 35.5. The van der Waals surface area contributed by atoms with E-state index in [-0.39, 0.29) is 30.7 Å². The van der Waals surface area contributed by atoms with Crippen LogP contribution >= 0.6 is 11.6 Å². The maximum absolute atomic E-state index is 13.5. The van der Waals surface area contributed by atoms with E-state index < -0.39 is 11.6 Å². The summed E-state index contributed by atoms with van der Waals surface area (Å²) in [6.07, 6.45) is 0.434. The van der Waals surface area contributed by atoms with Crippen molar-refractivity contribution in [2.75, 3.05) is 11.9 Å². The van der Waals surface area contributed by atoms with Gasteiger partial charge in [0, 0.05) is 24.9 Å². The zero-order chi connectivity index (χ0) is 20.1. The molecular formula is C21H20ClN3O3. The lowest BCUT2D eigenvalue weighted by Crippen LogP contribution is -2.69. The first-order valence-electron chi connectivity index (χ1n) is 9.13. The standard InChI is InChI=1S/C21H20ClN3O3/c1-13(14-7-3-5-9-16(14)22)23-20(28)21-12-11-18(26)25(21)17-10-6-4-8-15(17)19(27)24(21)2/h3-10,13H,11-12H2,1-2H3,(H,23,28)/t13-,21+/m0/s1. The van der Waals surface area contributed by atoms with Gasteiger partial charge in [0.05, 0.1) is 17.3 Å². The fraction of sp³-hybridized carbons (Fsp3) is 0.286. The van der Waals surface area contributed by atoms with Crippen molar-refractivity contribution in [3.63, 3.8) is 0 Å². The Morgan fingerprint density at radius 3 is 2.57 bits per heavy atom. The molecule has 1 N–H and O–H groups in total. The molecule has 2 atom stereocenters. The highest BCUT2D eigenvalue weighted by molar-refractivity contribution is 6.31. The summed E-state index contributed by atoms with van der Waals surface area (Å²) in [6.45, 7) is 1.83. The third-order valence-corrected chi connectivity index (χ3v) is 5.97. The van der Waals surface area contributed by atoms with Gasteiger partial charge in [-0.25, -0.2) is 0 Å². The molecule has 1 saturated heterocycles. The van der Waals surface area contributed by atoms with Crippen LogP contribution in [0.15, 0.2) is 48.5 Å². The first-order chi connectivity index (χ1) is 13.4. The van der Waals surface area contributed by atoms with E-state index in [1.165, 1.54) is 9.80 Å². The number of anilines is 1. The molecule has 1 fully saturated rings. The van der Waals surface area contributed by atoms with Gasteiger partial charge < -0.3 is 10.2 Å². The lowest BCUT2D eigenvalue weighted by molar-refractivity contribution is -0.133. The fourth-order valence-corrected chi connectivity index (χ4v) is 4.44. The Morgan fingerprint density at radius 2 is 1.82 bits per heavy atom. The van der Waals surface area contributed by atoms with Crippen molar-refractivity contribution in [2.24, 2.45) is 0 Å². The number of likely N-dealkylation sites (N-methyl/N-ethyl adjacent to an activating group) is 1. The second-order valence-electron chi connectivity index (χ2n) is 7.14. The number of carbonyl (C=O) groups is 3. The van der Waals surface area contributed by atoms with Crippen LogP contribution in [0.3, 0.4) is 0 Å². The van der Waals surface area contributed by atoms with E-state index in [4.69, 9.17) is 11.6 Å². The average molecular weight is 398 g/mol. The Balaban J connectivity index is 1.75. The minimum absolute atomic E-state index is 0.174. The summed E-state index contributed by atoms with van der Waals surface area (Å²) in [5, 5.41) is 3.51. The summed E-state index contributed by atoms with van der Waals surface area (Å²) in [6, 6.07) is 13.8. The number of nitrogens with zero attached hydrogens (tertiary/aromatic N) is 2. The molecule has 0 saturated carbocycles. The van der Waals surface area contributed by atoms with Crippen molar-refractivity contribution in [3.05, 3.63) is 64.7 Å². The van der Waals surface area contributed by atoms with Crippen LogP contribution in [0.1, 0.15) is 41.7 Å². The summed E-state index contributed by atoms with van der Waals surface area (Å²) in [5.41, 5.74) is 0.296. The highest BCUT2D eigenvalue weighted by Crippen LogP contribution is 2.44. The van der Waals surface area contributed by atoms with Gasteiger partial charge in [0.2, 0.25) is 11.6 Å². The number of fused-ring (bicyclic) bond motifs is 3. The lowest BCUT2D eigenvalue weighted by atomic mass is 9.95. The Bertz CT molecular complexity index is 992. The molecule has 0 spiro atoms. The van der Waals surface area contributed by atoms with Crippen molar-refractivity contribution in [3.8, 4) is 0 Å². The predicted molar refractivity (Wildman–Crippen MR) is 106 cm³/mol. The molecule has 0 radical (unpaired) electrons. The minimum Gasteiger partial charge on any atom is -0.346 e. The Labute approximate surface area is 168 Å². The van der Waals surface area contributed by atoms with Crippen molar-refractivity contribution in [1.82, 2.24) is 10.2 Å². The maximum atomic E-state index is 13.5. The molecule has 0 bridgehead atoms. The number of halogens is 1. The molecule has 4 rings (SSSR count). The number of carbonyl (C=O) groups excluding carboxylic acids is 3. The summed E-state index contributed by atoms with van der Waals surface area (Å²) in [4.78, 5) is 42.0. The largest absolute Gasteiger partial charge is 0.346 e. The number of hydrogen-bond acceptors (Lipinski definition) is 3. The first-order valence-corrected chi connectivity index (χ1v) is 9.51. The molecule has 2 aliphatic heterocycles. The van der Waals surface area contributed by atoms with Crippen LogP contribution < -0.4 is 10.2 Å². The van der Waals surface area contributed by atoms with Gasteiger partial charge >= 0.3 is 0 Å². The van der Waals surface area contributed by atoms with E-state index >= 15 is 0 Å². The van der Waals surface area contributed by atoms with Crippen LogP contribution in [-0.4, -0.2) is 35.3 Å². The number of rotatable bonds is 3. The van der Waals surface area contributed by atoms with E-state index in [9.17, 15) is 14.4 Å². The summed E-state index contributed by atoms with van der Waals surface area (Å²) < 4.78 is 0. The molecule has 28 heavy (non-hydrogen) atoms. The molecule has 6 nitrogen and oxygen atoms in total. The molecule has 2 aliphatic rings. The number of para-hydroxylation sites is 1. The van der Waals surface area contributed by atoms with Crippen molar-refractivity contribution >= 4 is 35.0 Å². The Kier molecular flexibility index (Phi) is 4.38. The van der Waals surface area contributed by atoms with Gasteiger partial charge in [-0.15, -0.1) is 0 Å². The van der Waals surface area contributed by atoms with E-state index in [0.717, 1.165) is 5.56 Å². The van der Waals surface area contributed by atoms with Gasteiger partial charge in [-0.3, -0.25) is 19.3 Å². The quantitative estimate of drug-likeness (QED) is 0.865. The molecule has 2 heterocycles. The highest BCUT2D eigenvalue weighted by Gasteiger charge is 2.59. The van der Waals surface area contributed by atoms with E-state index in [1.807, 2.05) is 25.1 Å². The summed E-state index contributed by atoms with van der Waals surface area (Å²) >= 11 is 6.26. The SMILES string of the molecule is C[C@H](NC(=O)[C@@]12CCC(=O)N1c1ccccc1C(=O)N2C)c1ccccc1Cl.